The van der Waals surface area contributed by atoms with E-state index in [4.69, 9.17) is 11.5 Å². The lowest BCUT2D eigenvalue weighted by atomic mass is 9.86. The maximum absolute atomic E-state index is 10.2. The fourth-order valence-corrected chi connectivity index (χ4v) is 3.07. The van der Waals surface area contributed by atoms with Crippen LogP contribution in [0.4, 0.5) is 0 Å². The first-order valence-corrected chi connectivity index (χ1v) is 5.80. The highest BCUT2D eigenvalue weighted by atomic mass is 16.5. The summed E-state index contributed by atoms with van der Waals surface area (Å²) in [6.45, 7) is -0.516. The van der Waals surface area contributed by atoms with Crippen LogP contribution in [0.3, 0.4) is 0 Å². The number of nitrogens with zero attached hydrogens (tertiary/aromatic N) is 3. The summed E-state index contributed by atoms with van der Waals surface area (Å²) >= 11 is 0. The summed E-state index contributed by atoms with van der Waals surface area (Å²) in [5.74, 6) is -2.58. The summed E-state index contributed by atoms with van der Waals surface area (Å²) in [6, 6.07) is -1.63. The number of nitrogens with two attached hydrogens (primary N) is 2. The van der Waals surface area contributed by atoms with Crippen molar-refractivity contribution in [3.8, 4) is 0 Å². The van der Waals surface area contributed by atoms with E-state index in [-0.39, 0.29) is 25.1 Å². The standard InChI is InChI=1S/C9H16N6O4/c10-6-13-5-3(2-16)12-7(11)15-1-4(17)9(18,19)8(5,15)14-6/h3-5,16-19H,1-2H2,(H2,11,12)(H3,10,13,14)/t3-,4+,5-,8-/m0/s1. The van der Waals surface area contributed by atoms with Crippen LogP contribution in [-0.2, 0) is 0 Å². The molecule has 10 heteroatoms. The maximum Gasteiger partial charge on any atom is 0.237 e. The summed E-state index contributed by atoms with van der Waals surface area (Å²) in [5, 5.41) is 42.4. The molecule has 19 heavy (non-hydrogen) atoms. The highest BCUT2D eigenvalue weighted by Gasteiger charge is 2.72. The molecule has 0 aliphatic carbocycles. The fourth-order valence-electron chi connectivity index (χ4n) is 3.07. The van der Waals surface area contributed by atoms with Crippen LogP contribution in [0.5, 0.6) is 0 Å². The molecule has 0 unspecified atom stereocenters. The number of hydrogen-bond acceptors (Lipinski definition) is 10. The number of nitrogens with one attached hydrogen (secondary N) is 1. The molecule has 0 aromatic heterocycles. The Morgan fingerprint density at radius 1 is 1.37 bits per heavy atom. The van der Waals surface area contributed by atoms with Crippen molar-refractivity contribution in [2.75, 3.05) is 13.2 Å². The van der Waals surface area contributed by atoms with E-state index in [0.29, 0.717) is 0 Å². The minimum atomic E-state index is -2.53. The highest BCUT2D eigenvalue weighted by Crippen LogP contribution is 2.44. The molecule has 0 bridgehead atoms. The Labute approximate surface area is 108 Å². The third-order valence-electron chi connectivity index (χ3n) is 3.96. The normalized spacial score (nSPS) is 43.2. The van der Waals surface area contributed by atoms with Gasteiger partial charge in [0.15, 0.2) is 17.6 Å². The van der Waals surface area contributed by atoms with Crippen molar-refractivity contribution >= 4 is 11.9 Å². The van der Waals surface area contributed by atoms with Gasteiger partial charge in [0.2, 0.25) is 5.79 Å². The van der Waals surface area contributed by atoms with E-state index in [1.165, 1.54) is 4.90 Å². The summed E-state index contributed by atoms with van der Waals surface area (Å²) in [4.78, 5) is 9.42. The molecule has 9 N–H and O–H groups in total. The summed E-state index contributed by atoms with van der Waals surface area (Å²) in [7, 11) is 0. The molecule has 1 saturated heterocycles. The Balaban J connectivity index is 2.17. The molecule has 0 aromatic carbocycles. The number of hydrogen-bond donors (Lipinski definition) is 7. The highest BCUT2D eigenvalue weighted by molar-refractivity contribution is 5.87. The third kappa shape index (κ3) is 1.23. The Kier molecular flexibility index (Phi) is 2.27. The van der Waals surface area contributed by atoms with Gasteiger partial charge in [-0.1, -0.05) is 0 Å². The van der Waals surface area contributed by atoms with Crippen LogP contribution in [0.1, 0.15) is 0 Å². The van der Waals surface area contributed by atoms with Crippen LogP contribution >= 0.6 is 0 Å². The second-order valence-corrected chi connectivity index (χ2v) is 4.94. The summed E-state index contributed by atoms with van der Waals surface area (Å²) in [6.07, 6.45) is -1.48. The number of aliphatic hydroxyl groups excluding tert-OH is 2. The molecule has 3 heterocycles. The van der Waals surface area contributed by atoms with E-state index < -0.39 is 29.6 Å². The van der Waals surface area contributed by atoms with Gasteiger partial charge < -0.3 is 42.1 Å². The van der Waals surface area contributed by atoms with Crippen molar-refractivity contribution in [1.82, 2.24) is 10.2 Å². The first-order valence-electron chi connectivity index (χ1n) is 5.80. The molecule has 0 amide bonds. The molecular weight excluding hydrogens is 256 g/mol. The number of guanidine groups is 2. The SMILES string of the molecule is NC1=N[C@H]2[C@H](CO)N=C(N)N3C[C@@H](O)C(O)(O)[C@]23N1. The molecule has 106 valence electrons. The predicted octanol–water partition coefficient (Wildman–Crippen LogP) is -4.98. The molecule has 0 radical (unpaired) electrons. The van der Waals surface area contributed by atoms with Gasteiger partial charge in [0.25, 0.3) is 0 Å². The van der Waals surface area contributed by atoms with Gasteiger partial charge in [-0.25, -0.2) is 9.98 Å². The smallest absolute Gasteiger partial charge is 0.237 e. The van der Waals surface area contributed by atoms with Crippen molar-refractivity contribution < 1.29 is 20.4 Å². The molecule has 3 aliphatic heterocycles. The zero-order valence-electron chi connectivity index (χ0n) is 9.93. The lowest BCUT2D eigenvalue weighted by Gasteiger charge is -2.48. The summed E-state index contributed by atoms with van der Waals surface area (Å²) in [5.41, 5.74) is 9.76. The average Bonchev–Trinajstić information content (AvgIpc) is 2.78. The second kappa shape index (κ2) is 3.48. The van der Waals surface area contributed by atoms with Crippen molar-refractivity contribution in [3.05, 3.63) is 0 Å². The van der Waals surface area contributed by atoms with E-state index in [1.807, 2.05) is 0 Å². The molecule has 1 fully saturated rings. The van der Waals surface area contributed by atoms with E-state index in [0.717, 1.165) is 0 Å². The first kappa shape index (κ1) is 12.4. The Hall–Kier alpha value is -1.62. The van der Waals surface area contributed by atoms with Gasteiger partial charge in [-0.15, -0.1) is 0 Å². The van der Waals surface area contributed by atoms with Crippen molar-refractivity contribution in [2.45, 2.75) is 29.6 Å². The van der Waals surface area contributed by atoms with Gasteiger partial charge in [-0.3, -0.25) is 0 Å². The molecular formula is C9H16N6O4. The molecule has 3 aliphatic rings. The van der Waals surface area contributed by atoms with Crippen molar-refractivity contribution in [1.29, 1.82) is 0 Å². The van der Waals surface area contributed by atoms with Gasteiger partial charge in [-0.2, -0.15) is 0 Å². The van der Waals surface area contributed by atoms with Crippen LogP contribution < -0.4 is 16.8 Å². The van der Waals surface area contributed by atoms with Crippen LogP contribution in [0, 0.1) is 0 Å². The lowest BCUT2D eigenvalue weighted by molar-refractivity contribution is -0.257. The lowest BCUT2D eigenvalue weighted by Crippen LogP contribution is -2.77. The topological polar surface area (TPSA) is 173 Å². The first-order chi connectivity index (χ1) is 8.84. The number of rotatable bonds is 1. The fraction of sp³-hybridized carbons (Fsp3) is 0.778. The van der Waals surface area contributed by atoms with Crippen LogP contribution in [0.25, 0.3) is 0 Å². The van der Waals surface area contributed by atoms with Crippen LogP contribution in [0.2, 0.25) is 0 Å². The van der Waals surface area contributed by atoms with E-state index >= 15 is 0 Å². The number of aliphatic imine (C=N–C) groups is 2. The summed E-state index contributed by atoms with van der Waals surface area (Å²) < 4.78 is 0. The van der Waals surface area contributed by atoms with Gasteiger partial charge >= 0.3 is 0 Å². The second-order valence-electron chi connectivity index (χ2n) is 4.94. The zero-order valence-corrected chi connectivity index (χ0v) is 9.93. The predicted molar refractivity (Wildman–Crippen MR) is 63.7 cm³/mol. The third-order valence-corrected chi connectivity index (χ3v) is 3.96. The molecule has 3 rings (SSSR count). The average molecular weight is 272 g/mol. The maximum atomic E-state index is 10.2. The Morgan fingerprint density at radius 2 is 2.05 bits per heavy atom. The van der Waals surface area contributed by atoms with Gasteiger partial charge in [-0.05, 0) is 0 Å². The van der Waals surface area contributed by atoms with Gasteiger partial charge in [0.05, 0.1) is 13.2 Å². The minimum Gasteiger partial charge on any atom is -0.394 e. The molecule has 1 spiro atoms. The molecule has 0 aromatic rings. The van der Waals surface area contributed by atoms with E-state index in [1.54, 1.807) is 0 Å². The molecule has 0 saturated carbocycles. The zero-order chi connectivity index (χ0) is 14.0. The largest absolute Gasteiger partial charge is 0.394 e. The van der Waals surface area contributed by atoms with Gasteiger partial charge in [0.1, 0.15) is 18.2 Å². The van der Waals surface area contributed by atoms with Crippen molar-refractivity contribution in [3.63, 3.8) is 0 Å². The van der Waals surface area contributed by atoms with Crippen molar-refractivity contribution in [2.24, 2.45) is 21.5 Å². The van der Waals surface area contributed by atoms with E-state index in [9.17, 15) is 20.4 Å². The number of aliphatic hydroxyl groups is 4. The minimum absolute atomic E-state index is 0.0169. The van der Waals surface area contributed by atoms with Gasteiger partial charge in [0, 0.05) is 0 Å². The van der Waals surface area contributed by atoms with E-state index in [2.05, 4.69) is 15.3 Å². The Bertz CT molecular complexity index is 479. The van der Waals surface area contributed by atoms with Crippen LogP contribution in [-0.4, -0.2) is 80.0 Å². The van der Waals surface area contributed by atoms with Crippen LogP contribution in [0.15, 0.2) is 9.98 Å². The quantitative estimate of drug-likeness (QED) is 0.232. The Morgan fingerprint density at radius 3 is 2.68 bits per heavy atom. The monoisotopic (exact) mass is 272 g/mol. The molecule has 4 atom stereocenters. The molecule has 10 nitrogen and oxygen atoms in total.